The Morgan fingerprint density at radius 3 is 2.36 bits per heavy atom. The lowest BCUT2D eigenvalue weighted by Gasteiger charge is -2.22. The average molecular weight is 381 g/mol. The molecule has 2 N–H and O–H groups in total. The van der Waals surface area contributed by atoms with Crippen molar-refractivity contribution in [3.8, 4) is 0 Å². The highest BCUT2D eigenvalue weighted by molar-refractivity contribution is 7.89. The maximum absolute atomic E-state index is 12.6. The Morgan fingerprint density at radius 2 is 1.76 bits per heavy atom. The van der Waals surface area contributed by atoms with Gasteiger partial charge in [-0.15, -0.1) is 0 Å². The molecule has 5 nitrogen and oxygen atoms in total. The molecule has 0 bridgehead atoms. The van der Waals surface area contributed by atoms with E-state index in [0.29, 0.717) is 10.7 Å². The van der Waals surface area contributed by atoms with Crippen LogP contribution in [0.1, 0.15) is 19.4 Å². The third kappa shape index (κ3) is 5.29. The zero-order chi connectivity index (χ0) is 18.6. The minimum atomic E-state index is -3.87. The number of halogens is 1. The molecule has 0 aliphatic heterocycles. The van der Waals surface area contributed by atoms with Crippen LogP contribution in [0.2, 0.25) is 5.02 Å². The lowest BCUT2D eigenvalue weighted by Crippen LogP contribution is -2.47. The Hall–Kier alpha value is -1.89. The first-order valence-electron chi connectivity index (χ1n) is 7.84. The van der Waals surface area contributed by atoms with Gasteiger partial charge in [0.15, 0.2) is 0 Å². The quantitative estimate of drug-likeness (QED) is 0.804. The lowest BCUT2D eigenvalue weighted by atomic mass is 10.0. The van der Waals surface area contributed by atoms with Crippen LogP contribution in [0.3, 0.4) is 0 Å². The van der Waals surface area contributed by atoms with Gasteiger partial charge in [-0.1, -0.05) is 43.6 Å². The molecule has 0 heterocycles. The zero-order valence-electron chi connectivity index (χ0n) is 14.3. The van der Waals surface area contributed by atoms with Gasteiger partial charge in [0.1, 0.15) is 6.04 Å². The summed E-state index contributed by atoms with van der Waals surface area (Å²) < 4.78 is 27.6. The fourth-order valence-electron chi connectivity index (χ4n) is 2.30. The highest BCUT2D eigenvalue weighted by Crippen LogP contribution is 2.18. The first kappa shape index (κ1) is 19.4. The number of aryl methyl sites for hydroxylation is 1. The lowest BCUT2D eigenvalue weighted by molar-refractivity contribution is -0.118. The number of amides is 1. The Labute approximate surface area is 153 Å². The molecule has 2 aromatic rings. The Morgan fingerprint density at radius 1 is 1.08 bits per heavy atom. The Kier molecular flexibility index (Phi) is 6.21. The maximum Gasteiger partial charge on any atom is 0.242 e. The van der Waals surface area contributed by atoms with Gasteiger partial charge in [-0.3, -0.25) is 4.79 Å². The van der Waals surface area contributed by atoms with E-state index in [9.17, 15) is 13.2 Å². The van der Waals surface area contributed by atoms with E-state index in [2.05, 4.69) is 10.0 Å². The molecule has 0 aromatic heterocycles. The summed E-state index contributed by atoms with van der Waals surface area (Å²) in [6, 6.07) is 12.3. The summed E-state index contributed by atoms with van der Waals surface area (Å²) in [5.74, 6) is -0.648. The Balaban J connectivity index is 2.21. The van der Waals surface area contributed by atoms with E-state index in [1.807, 2.05) is 25.1 Å². The summed E-state index contributed by atoms with van der Waals surface area (Å²) in [5.41, 5.74) is 1.62. The number of benzene rings is 2. The molecule has 25 heavy (non-hydrogen) atoms. The van der Waals surface area contributed by atoms with Gasteiger partial charge < -0.3 is 5.32 Å². The molecule has 134 valence electrons. The van der Waals surface area contributed by atoms with Crippen LogP contribution in [-0.4, -0.2) is 20.4 Å². The molecule has 0 unspecified atom stereocenters. The fourth-order valence-corrected chi connectivity index (χ4v) is 3.95. The monoisotopic (exact) mass is 380 g/mol. The third-order valence-corrected chi connectivity index (χ3v) is 5.30. The number of carbonyl (C=O) groups is 1. The largest absolute Gasteiger partial charge is 0.325 e. The number of hydrogen-bond donors (Lipinski definition) is 2. The molecular formula is C18H21ClN2O3S. The van der Waals surface area contributed by atoms with Crippen molar-refractivity contribution in [1.82, 2.24) is 4.72 Å². The van der Waals surface area contributed by atoms with Crippen LogP contribution >= 0.6 is 11.6 Å². The van der Waals surface area contributed by atoms with Crippen LogP contribution in [0.4, 0.5) is 5.69 Å². The minimum Gasteiger partial charge on any atom is -0.325 e. The van der Waals surface area contributed by atoms with Gasteiger partial charge in [-0.05, 0) is 48.7 Å². The molecule has 0 aliphatic carbocycles. The zero-order valence-corrected chi connectivity index (χ0v) is 15.9. The molecule has 1 amide bonds. The molecule has 0 fully saturated rings. The smallest absolute Gasteiger partial charge is 0.242 e. The molecule has 0 radical (unpaired) electrons. The maximum atomic E-state index is 12.6. The summed E-state index contributed by atoms with van der Waals surface area (Å²) in [6.45, 7) is 5.47. The fraction of sp³-hybridized carbons (Fsp3) is 0.278. The number of sulfonamides is 1. The minimum absolute atomic E-state index is 0.0222. The molecule has 1 atom stereocenters. The first-order valence-corrected chi connectivity index (χ1v) is 9.70. The van der Waals surface area contributed by atoms with Gasteiger partial charge in [-0.25, -0.2) is 8.42 Å². The number of anilines is 1. The van der Waals surface area contributed by atoms with Gasteiger partial charge in [-0.2, -0.15) is 4.72 Å². The summed E-state index contributed by atoms with van der Waals surface area (Å²) in [4.78, 5) is 12.6. The van der Waals surface area contributed by atoms with E-state index in [4.69, 9.17) is 11.6 Å². The van der Waals surface area contributed by atoms with Gasteiger partial charge in [0.25, 0.3) is 0 Å². The van der Waals surface area contributed by atoms with Crippen molar-refractivity contribution in [1.29, 1.82) is 0 Å². The van der Waals surface area contributed by atoms with Crippen molar-refractivity contribution in [3.63, 3.8) is 0 Å². The van der Waals surface area contributed by atoms with E-state index in [0.717, 1.165) is 5.56 Å². The molecule has 0 spiro atoms. The summed E-state index contributed by atoms with van der Waals surface area (Å²) >= 11 is 5.86. The van der Waals surface area contributed by atoms with Crippen LogP contribution < -0.4 is 10.0 Å². The first-order chi connectivity index (χ1) is 11.7. The molecule has 2 rings (SSSR count). The van der Waals surface area contributed by atoms with Crippen LogP contribution in [0.5, 0.6) is 0 Å². The van der Waals surface area contributed by atoms with Gasteiger partial charge in [0.05, 0.1) is 4.90 Å². The van der Waals surface area contributed by atoms with Crippen molar-refractivity contribution in [2.45, 2.75) is 31.7 Å². The average Bonchev–Trinajstić information content (AvgIpc) is 2.52. The van der Waals surface area contributed by atoms with E-state index in [1.165, 1.54) is 12.1 Å². The van der Waals surface area contributed by atoms with Crippen LogP contribution in [0.25, 0.3) is 0 Å². The molecular weight excluding hydrogens is 360 g/mol. The van der Waals surface area contributed by atoms with Crippen LogP contribution in [-0.2, 0) is 14.8 Å². The second-order valence-electron chi connectivity index (χ2n) is 6.16. The van der Waals surface area contributed by atoms with Crippen molar-refractivity contribution >= 4 is 33.2 Å². The van der Waals surface area contributed by atoms with E-state index < -0.39 is 22.0 Å². The molecule has 2 aromatic carbocycles. The Bertz CT molecular complexity index is 866. The molecule has 0 aliphatic rings. The van der Waals surface area contributed by atoms with Gasteiger partial charge >= 0.3 is 0 Å². The SMILES string of the molecule is Cc1cccc(NC(=O)[C@@H](NS(=O)(=O)c2cccc(Cl)c2)C(C)C)c1. The van der Waals surface area contributed by atoms with Crippen molar-refractivity contribution < 1.29 is 13.2 Å². The molecule has 7 heteroatoms. The van der Waals surface area contributed by atoms with Gasteiger partial charge in [0.2, 0.25) is 15.9 Å². The number of rotatable bonds is 6. The highest BCUT2D eigenvalue weighted by Gasteiger charge is 2.28. The van der Waals surface area contributed by atoms with Gasteiger partial charge in [0, 0.05) is 10.7 Å². The molecule has 0 saturated heterocycles. The number of nitrogens with one attached hydrogen (secondary N) is 2. The second kappa shape index (κ2) is 7.99. The highest BCUT2D eigenvalue weighted by atomic mass is 35.5. The standard InChI is InChI=1S/C18H21ClN2O3S/c1-12(2)17(18(22)20-15-8-4-6-13(3)10-15)21-25(23,24)16-9-5-7-14(19)11-16/h4-12,17,21H,1-3H3,(H,20,22)/t17-/m0/s1. The van der Waals surface area contributed by atoms with Crippen LogP contribution in [0, 0.1) is 12.8 Å². The summed E-state index contributed by atoms with van der Waals surface area (Å²) in [6.07, 6.45) is 0. The predicted octanol–water partition coefficient (Wildman–Crippen LogP) is 3.59. The predicted molar refractivity (Wildman–Crippen MR) is 100 cm³/mol. The van der Waals surface area contributed by atoms with Crippen molar-refractivity contribution in [3.05, 3.63) is 59.1 Å². The normalized spacial score (nSPS) is 12.8. The van der Waals surface area contributed by atoms with E-state index >= 15 is 0 Å². The topological polar surface area (TPSA) is 75.3 Å². The molecule has 0 saturated carbocycles. The number of hydrogen-bond acceptors (Lipinski definition) is 3. The van der Waals surface area contributed by atoms with E-state index in [-0.39, 0.29) is 10.8 Å². The van der Waals surface area contributed by atoms with Crippen LogP contribution in [0.15, 0.2) is 53.4 Å². The summed E-state index contributed by atoms with van der Waals surface area (Å²) in [7, 11) is -3.87. The summed E-state index contributed by atoms with van der Waals surface area (Å²) in [5, 5.41) is 3.07. The van der Waals surface area contributed by atoms with Crippen molar-refractivity contribution in [2.75, 3.05) is 5.32 Å². The number of carbonyl (C=O) groups excluding carboxylic acids is 1. The third-order valence-electron chi connectivity index (χ3n) is 3.62. The van der Waals surface area contributed by atoms with E-state index in [1.54, 1.807) is 32.0 Å². The second-order valence-corrected chi connectivity index (χ2v) is 8.31. The van der Waals surface area contributed by atoms with Crippen molar-refractivity contribution in [2.24, 2.45) is 5.92 Å².